The molecular weight excluding hydrogens is 275 g/mol. The molecular formula is C11H12F3N5O. The molecule has 3 rings (SSSR count). The van der Waals surface area contributed by atoms with E-state index in [1.165, 1.54) is 7.05 Å². The molecule has 0 aliphatic carbocycles. The van der Waals surface area contributed by atoms with Gasteiger partial charge in [-0.3, -0.25) is 4.68 Å². The third-order valence-electron chi connectivity index (χ3n) is 3.36. The summed E-state index contributed by atoms with van der Waals surface area (Å²) in [5.74, 6) is 0.370. The molecule has 108 valence electrons. The number of hydrogen-bond donors (Lipinski definition) is 1. The Morgan fingerprint density at radius 3 is 2.50 bits per heavy atom. The minimum absolute atomic E-state index is 0.168. The van der Waals surface area contributed by atoms with Crippen LogP contribution in [0.5, 0.6) is 0 Å². The fraction of sp³-hybridized carbons (Fsp3) is 0.455. The second-order valence-corrected chi connectivity index (χ2v) is 4.75. The lowest BCUT2D eigenvalue weighted by Crippen LogP contribution is -2.12. The number of nitrogens with zero attached hydrogens (tertiary/aromatic N) is 5. The third-order valence-corrected chi connectivity index (χ3v) is 3.36. The average molecular weight is 287 g/mol. The number of rotatable bonds is 1. The van der Waals surface area contributed by atoms with Gasteiger partial charge >= 0.3 is 6.18 Å². The zero-order valence-corrected chi connectivity index (χ0v) is 10.8. The Hall–Kier alpha value is -1.87. The van der Waals surface area contributed by atoms with Crippen LogP contribution >= 0.6 is 0 Å². The lowest BCUT2D eigenvalue weighted by molar-refractivity contribution is -0.143. The van der Waals surface area contributed by atoms with Crippen molar-refractivity contribution in [1.29, 1.82) is 0 Å². The molecule has 1 aliphatic rings. The Morgan fingerprint density at radius 2 is 1.95 bits per heavy atom. The van der Waals surface area contributed by atoms with Crippen molar-refractivity contribution in [3.63, 3.8) is 0 Å². The Balaban J connectivity index is 2.06. The van der Waals surface area contributed by atoms with Gasteiger partial charge in [0.2, 0.25) is 0 Å². The number of fused-ring (bicyclic) bond motifs is 1. The summed E-state index contributed by atoms with van der Waals surface area (Å²) < 4.78 is 40.8. The van der Waals surface area contributed by atoms with Gasteiger partial charge in [0.15, 0.2) is 5.82 Å². The zero-order chi connectivity index (χ0) is 14.7. The maximum Gasteiger partial charge on any atom is 0.433 e. The van der Waals surface area contributed by atoms with E-state index in [1.807, 2.05) is 0 Å². The molecule has 20 heavy (non-hydrogen) atoms. The number of imidazole rings is 1. The largest absolute Gasteiger partial charge is 0.433 e. The first-order valence-corrected chi connectivity index (χ1v) is 5.87. The summed E-state index contributed by atoms with van der Waals surface area (Å²) in [6.07, 6.45) is -4.45. The molecule has 0 aromatic carbocycles. The minimum Gasteiger partial charge on any atom is -0.328 e. The van der Waals surface area contributed by atoms with E-state index in [0.29, 0.717) is 18.1 Å². The van der Waals surface area contributed by atoms with Crippen LogP contribution in [0.2, 0.25) is 0 Å². The topological polar surface area (TPSA) is 59.1 Å². The van der Waals surface area contributed by atoms with Gasteiger partial charge in [-0.1, -0.05) is 0 Å². The standard InChI is InChI=1S/C11H12F3N5O/c1-17-8-5-19(20)4-7(8)15-10(17)6-3-9(11(12,13)14)18(2)16-6/h3,20H,4-5H2,1-2H3. The van der Waals surface area contributed by atoms with Crippen LogP contribution in [0.15, 0.2) is 6.07 Å². The lowest BCUT2D eigenvalue weighted by atomic mass is 10.3. The van der Waals surface area contributed by atoms with Crippen LogP contribution in [-0.4, -0.2) is 29.6 Å². The van der Waals surface area contributed by atoms with Gasteiger partial charge in [0.1, 0.15) is 11.4 Å². The summed E-state index contributed by atoms with van der Waals surface area (Å²) in [5, 5.41) is 14.4. The number of hydroxylamine groups is 2. The quantitative estimate of drug-likeness (QED) is 0.864. The summed E-state index contributed by atoms with van der Waals surface area (Å²) in [5.41, 5.74) is 0.784. The molecule has 0 radical (unpaired) electrons. The molecule has 0 spiro atoms. The van der Waals surface area contributed by atoms with E-state index >= 15 is 0 Å². The van der Waals surface area contributed by atoms with Crippen LogP contribution in [0.25, 0.3) is 11.5 Å². The Morgan fingerprint density at radius 1 is 1.25 bits per heavy atom. The van der Waals surface area contributed by atoms with Crippen molar-refractivity contribution in [2.24, 2.45) is 14.1 Å². The van der Waals surface area contributed by atoms with E-state index in [-0.39, 0.29) is 12.2 Å². The fourth-order valence-corrected chi connectivity index (χ4v) is 2.39. The van der Waals surface area contributed by atoms with Gasteiger partial charge in [-0.25, -0.2) is 4.98 Å². The van der Waals surface area contributed by atoms with Crippen molar-refractivity contribution >= 4 is 0 Å². The van der Waals surface area contributed by atoms with Crippen LogP contribution in [0.3, 0.4) is 0 Å². The zero-order valence-electron chi connectivity index (χ0n) is 10.8. The first-order valence-electron chi connectivity index (χ1n) is 5.87. The van der Waals surface area contributed by atoms with Crippen LogP contribution in [-0.2, 0) is 33.4 Å². The predicted molar refractivity (Wildman–Crippen MR) is 61.4 cm³/mol. The number of alkyl halides is 3. The van der Waals surface area contributed by atoms with Crippen molar-refractivity contribution in [3.8, 4) is 11.5 Å². The molecule has 0 atom stereocenters. The van der Waals surface area contributed by atoms with Crippen LogP contribution < -0.4 is 0 Å². The highest BCUT2D eigenvalue weighted by atomic mass is 19.4. The summed E-state index contributed by atoms with van der Waals surface area (Å²) in [4.78, 5) is 4.27. The molecule has 9 heteroatoms. The normalized spacial score (nSPS) is 15.9. The van der Waals surface area contributed by atoms with Gasteiger partial charge in [-0.2, -0.15) is 23.3 Å². The van der Waals surface area contributed by atoms with E-state index in [4.69, 9.17) is 0 Å². The molecule has 0 unspecified atom stereocenters. The minimum atomic E-state index is -4.45. The average Bonchev–Trinajstić information content (AvgIpc) is 2.94. The second-order valence-electron chi connectivity index (χ2n) is 4.75. The molecule has 0 saturated heterocycles. The number of aromatic nitrogens is 4. The molecule has 0 bridgehead atoms. The summed E-state index contributed by atoms with van der Waals surface area (Å²) in [6, 6.07) is 0.980. The highest BCUT2D eigenvalue weighted by Gasteiger charge is 2.36. The lowest BCUT2D eigenvalue weighted by Gasteiger charge is -2.06. The van der Waals surface area contributed by atoms with Crippen LogP contribution in [0, 0.1) is 0 Å². The SMILES string of the molecule is Cn1nc(-c2nc3c(n2C)CN(O)C3)cc1C(F)(F)F. The fourth-order valence-electron chi connectivity index (χ4n) is 2.39. The molecule has 2 aromatic heterocycles. The Bertz CT molecular complexity index is 672. The van der Waals surface area contributed by atoms with Gasteiger partial charge in [0.25, 0.3) is 0 Å². The van der Waals surface area contributed by atoms with Gasteiger partial charge in [-0.05, 0) is 6.07 Å². The van der Waals surface area contributed by atoms with E-state index in [0.717, 1.165) is 21.5 Å². The van der Waals surface area contributed by atoms with Gasteiger partial charge < -0.3 is 9.77 Å². The van der Waals surface area contributed by atoms with Crippen molar-refractivity contribution < 1.29 is 18.4 Å². The summed E-state index contributed by atoms with van der Waals surface area (Å²) in [7, 11) is 2.95. The molecule has 1 N–H and O–H groups in total. The first kappa shape index (κ1) is 13.1. The van der Waals surface area contributed by atoms with Crippen LogP contribution in [0.1, 0.15) is 17.1 Å². The van der Waals surface area contributed by atoms with Crippen molar-refractivity contribution in [2.75, 3.05) is 0 Å². The summed E-state index contributed by atoms with van der Waals surface area (Å²) in [6.45, 7) is 0.569. The molecule has 1 aliphatic heterocycles. The third kappa shape index (κ3) is 1.90. The monoisotopic (exact) mass is 287 g/mol. The van der Waals surface area contributed by atoms with E-state index in [1.54, 1.807) is 11.6 Å². The van der Waals surface area contributed by atoms with Crippen LogP contribution in [0.4, 0.5) is 13.2 Å². The summed E-state index contributed by atoms with van der Waals surface area (Å²) >= 11 is 0. The molecule has 0 fully saturated rings. The van der Waals surface area contributed by atoms with Gasteiger partial charge in [0, 0.05) is 14.1 Å². The molecule has 6 nitrogen and oxygen atoms in total. The Labute approximate surface area is 112 Å². The highest BCUT2D eigenvalue weighted by molar-refractivity contribution is 5.53. The number of hydrogen-bond acceptors (Lipinski definition) is 4. The number of aryl methyl sites for hydroxylation is 1. The molecule has 0 amide bonds. The highest BCUT2D eigenvalue weighted by Crippen LogP contribution is 2.32. The van der Waals surface area contributed by atoms with Crippen molar-refractivity contribution in [2.45, 2.75) is 19.3 Å². The maximum absolute atomic E-state index is 12.8. The van der Waals surface area contributed by atoms with Gasteiger partial charge in [-0.15, -0.1) is 0 Å². The van der Waals surface area contributed by atoms with Gasteiger partial charge in [0.05, 0.1) is 24.5 Å². The maximum atomic E-state index is 12.8. The van der Waals surface area contributed by atoms with Crippen molar-refractivity contribution in [3.05, 3.63) is 23.1 Å². The molecule has 2 aromatic rings. The number of halogens is 3. The molecule has 0 saturated carbocycles. The smallest absolute Gasteiger partial charge is 0.328 e. The van der Waals surface area contributed by atoms with E-state index in [9.17, 15) is 18.4 Å². The Kier molecular flexibility index (Phi) is 2.67. The predicted octanol–water partition coefficient (Wildman–Crippen LogP) is 1.54. The second kappa shape index (κ2) is 4.06. The van der Waals surface area contributed by atoms with E-state index < -0.39 is 11.9 Å². The molecule has 3 heterocycles. The van der Waals surface area contributed by atoms with E-state index in [2.05, 4.69) is 10.1 Å². The van der Waals surface area contributed by atoms with Crippen molar-refractivity contribution in [1.82, 2.24) is 24.4 Å². The first-order chi connectivity index (χ1) is 9.27.